The van der Waals surface area contributed by atoms with Gasteiger partial charge in [0.25, 0.3) is 5.91 Å². The zero-order valence-electron chi connectivity index (χ0n) is 11.7. The summed E-state index contributed by atoms with van der Waals surface area (Å²) in [4.78, 5) is 18.3. The molecule has 21 heavy (non-hydrogen) atoms. The summed E-state index contributed by atoms with van der Waals surface area (Å²) in [6.07, 6.45) is 2.28. The lowest BCUT2D eigenvalue weighted by atomic mass is 10.1. The first-order chi connectivity index (χ1) is 10.1. The SMILES string of the molecule is CCCN(Cc1ccccc1)C(=O)c1cc(Cl)ncc1Cl. The highest BCUT2D eigenvalue weighted by Crippen LogP contribution is 2.21. The molecule has 0 radical (unpaired) electrons. The van der Waals surface area contributed by atoms with Crippen LogP contribution in [0.3, 0.4) is 0 Å². The molecule has 0 saturated carbocycles. The average molecular weight is 323 g/mol. The van der Waals surface area contributed by atoms with Crippen molar-refractivity contribution in [2.24, 2.45) is 0 Å². The van der Waals surface area contributed by atoms with Gasteiger partial charge >= 0.3 is 0 Å². The van der Waals surface area contributed by atoms with Crippen LogP contribution in [0.4, 0.5) is 0 Å². The number of carbonyl (C=O) groups is 1. The largest absolute Gasteiger partial charge is 0.334 e. The first-order valence-electron chi connectivity index (χ1n) is 6.76. The number of halogens is 2. The minimum absolute atomic E-state index is 0.130. The molecule has 5 heteroatoms. The topological polar surface area (TPSA) is 33.2 Å². The van der Waals surface area contributed by atoms with Crippen molar-refractivity contribution in [2.75, 3.05) is 6.54 Å². The van der Waals surface area contributed by atoms with Crippen molar-refractivity contribution in [3.63, 3.8) is 0 Å². The maximum atomic E-state index is 12.7. The van der Waals surface area contributed by atoms with Gasteiger partial charge in [-0.15, -0.1) is 0 Å². The number of rotatable bonds is 5. The van der Waals surface area contributed by atoms with Gasteiger partial charge in [0.15, 0.2) is 0 Å². The highest BCUT2D eigenvalue weighted by molar-refractivity contribution is 6.35. The van der Waals surface area contributed by atoms with Gasteiger partial charge in [0.2, 0.25) is 0 Å². The molecular formula is C16H16Cl2N2O. The molecular weight excluding hydrogens is 307 g/mol. The lowest BCUT2D eigenvalue weighted by Crippen LogP contribution is -2.31. The second-order valence-electron chi connectivity index (χ2n) is 4.70. The Balaban J connectivity index is 2.25. The van der Waals surface area contributed by atoms with Crippen molar-refractivity contribution in [1.29, 1.82) is 0 Å². The van der Waals surface area contributed by atoms with E-state index in [1.807, 2.05) is 37.3 Å². The Kier molecular flexibility index (Phi) is 5.59. The highest BCUT2D eigenvalue weighted by Gasteiger charge is 2.19. The summed E-state index contributed by atoms with van der Waals surface area (Å²) in [6.45, 7) is 3.24. The summed E-state index contributed by atoms with van der Waals surface area (Å²) >= 11 is 11.9. The number of carbonyl (C=O) groups excluding carboxylic acids is 1. The minimum Gasteiger partial charge on any atom is -0.334 e. The van der Waals surface area contributed by atoms with Crippen molar-refractivity contribution in [2.45, 2.75) is 19.9 Å². The molecule has 0 atom stereocenters. The summed E-state index contributed by atoms with van der Waals surface area (Å²) in [7, 11) is 0. The summed E-state index contributed by atoms with van der Waals surface area (Å²) in [5, 5.41) is 0.581. The van der Waals surface area contributed by atoms with Crippen LogP contribution in [0.15, 0.2) is 42.6 Å². The quantitative estimate of drug-likeness (QED) is 0.762. The molecule has 2 aromatic rings. The number of aromatic nitrogens is 1. The van der Waals surface area contributed by atoms with Gasteiger partial charge in [-0.05, 0) is 18.1 Å². The average Bonchev–Trinajstić information content (AvgIpc) is 2.49. The molecule has 1 aromatic heterocycles. The fraction of sp³-hybridized carbons (Fsp3) is 0.250. The molecule has 2 rings (SSSR count). The van der Waals surface area contributed by atoms with E-state index < -0.39 is 0 Å². The van der Waals surface area contributed by atoms with Crippen LogP contribution < -0.4 is 0 Å². The van der Waals surface area contributed by atoms with Gasteiger partial charge in [-0.1, -0.05) is 60.5 Å². The van der Waals surface area contributed by atoms with Gasteiger partial charge in [0.1, 0.15) is 5.15 Å². The Hall–Kier alpha value is -1.58. The van der Waals surface area contributed by atoms with E-state index >= 15 is 0 Å². The molecule has 0 aliphatic rings. The molecule has 1 aromatic carbocycles. The van der Waals surface area contributed by atoms with Gasteiger partial charge < -0.3 is 4.90 Å². The van der Waals surface area contributed by atoms with Gasteiger partial charge in [-0.3, -0.25) is 4.79 Å². The zero-order chi connectivity index (χ0) is 15.2. The monoisotopic (exact) mass is 322 g/mol. The first kappa shape index (κ1) is 15.8. The smallest absolute Gasteiger partial charge is 0.255 e. The number of nitrogens with zero attached hydrogens (tertiary/aromatic N) is 2. The third kappa shape index (κ3) is 4.19. The van der Waals surface area contributed by atoms with Crippen molar-refractivity contribution < 1.29 is 4.79 Å². The van der Waals surface area contributed by atoms with E-state index in [9.17, 15) is 4.79 Å². The maximum absolute atomic E-state index is 12.7. The van der Waals surface area contributed by atoms with Crippen LogP contribution in [0.1, 0.15) is 29.3 Å². The van der Waals surface area contributed by atoms with Crippen LogP contribution in [0.2, 0.25) is 10.2 Å². The Morgan fingerprint density at radius 1 is 1.24 bits per heavy atom. The number of benzene rings is 1. The Labute approximate surface area is 134 Å². The highest BCUT2D eigenvalue weighted by atomic mass is 35.5. The van der Waals surface area contributed by atoms with Crippen LogP contribution >= 0.6 is 23.2 Å². The van der Waals surface area contributed by atoms with Crippen LogP contribution in [-0.4, -0.2) is 22.3 Å². The minimum atomic E-state index is -0.130. The van der Waals surface area contributed by atoms with Gasteiger partial charge in [-0.2, -0.15) is 0 Å². The van der Waals surface area contributed by atoms with E-state index in [1.165, 1.54) is 12.3 Å². The van der Waals surface area contributed by atoms with E-state index in [0.717, 1.165) is 12.0 Å². The first-order valence-corrected chi connectivity index (χ1v) is 7.51. The molecule has 0 bridgehead atoms. The maximum Gasteiger partial charge on any atom is 0.255 e. The van der Waals surface area contributed by atoms with E-state index in [0.29, 0.717) is 23.7 Å². The molecule has 0 aliphatic heterocycles. The van der Waals surface area contributed by atoms with Gasteiger partial charge in [0, 0.05) is 19.3 Å². The van der Waals surface area contributed by atoms with E-state index in [4.69, 9.17) is 23.2 Å². The summed E-state index contributed by atoms with van der Waals surface area (Å²) in [5.41, 5.74) is 1.47. The molecule has 0 spiro atoms. The van der Waals surface area contributed by atoms with E-state index in [1.54, 1.807) is 4.90 Å². The van der Waals surface area contributed by atoms with Crippen molar-refractivity contribution in [1.82, 2.24) is 9.88 Å². The fourth-order valence-electron chi connectivity index (χ4n) is 2.07. The Bertz CT molecular complexity index is 617. The van der Waals surface area contributed by atoms with E-state index in [2.05, 4.69) is 4.98 Å². The van der Waals surface area contributed by atoms with Gasteiger partial charge in [0.05, 0.1) is 10.6 Å². The normalized spacial score (nSPS) is 10.4. The summed E-state index contributed by atoms with van der Waals surface area (Å²) in [5.74, 6) is -0.130. The molecule has 0 aliphatic carbocycles. The second kappa shape index (κ2) is 7.43. The molecule has 110 valence electrons. The Morgan fingerprint density at radius 2 is 1.95 bits per heavy atom. The molecule has 0 saturated heterocycles. The second-order valence-corrected chi connectivity index (χ2v) is 5.49. The summed E-state index contributed by atoms with van der Waals surface area (Å²) in [6, 6.07) is 11.4. The molecule has 0 N–H and O–H groups in total. The fourth-order valence-corrected chi connectivity index (χ4v) is 2.42. The zero-order valence-corrected chi connectivity index (χ0v) is 13.2. The molecule has 0 fully saturated rings. The Morgan fingerprint density at radius 3 is 2.62 bits per heavy atom. The van der Waals surface area contributed by atoms with Crippen molar-refractivity contribution in [3.8, 4) is 0 Å². The molecule has 0 unspecified atom stereocenters. The third-order valence-electron chi connectivity index (χ3n) is 3.05. The molecule has 1 amide bonds. The van der Waals surface area contributed by atoms with E-state index in [-0.39, 0.29) is 11.1 Å². The van der Waals surface area contributed by atoms with Crippen LogP contribution in [0.5, 0.6) is 0 Å². The summed E-state index contributed by atoms with van der Waals surface area (Å²) < 4.78 is 0. The van der Waals surface area contributed by atoms with Crippen molar-refractivity contribution in [3.05, 3.63) is 63.9 Å². The van der Waals surface area contributed by atoms with Crippen molar-refractivity contribution >= 4 is 29.1 Å². The van der Waals surface area contributed by atoms with Crippen LogP contribution in [0, 0.1) is 0 Å². The predicted molar refractivity (Wildman–Crippen MR) is 85.7 cm³/mol. The third-order valence-corrected chi connectivity index (χ3v) is 3.56. The lowest BCUT2D eigenvalue weighted by molar-refractivity contribution is 0.0743. The number of pyridine rings is 1. The standard InChI is InChI=1S/C16H16Cl2N2O/c1-2-8-20(11-12-6-4-3-5-7-12)16(21)13-9-15(18)19-10-14(13)17/h3-7,9-10H,2,8,11H2,1H3. The number of hydrogen-bond acceptors (Lipinski definition) is 2. The van der Waals surface area contributed by atoms with Crippen LogP contribution in [0.25, 0.3) is 0 Å². The lowest BCUT2D eigenvalue weighted by Gasteiger charge is -2.23. The number of amides is 1. The number of hydrogen-bond donors (Lipinski definition) is 0. The predicted octanol–water partition coefficient (Wildman–Crippen LogP) is 4.44. The van der Waals surface area contributed by atoms with Crippen LogP contribution in [-0.2, 0) is 6.54 Å². The molecule has 3 nitrogen and oxygen atoms in total. The van der Waals surface area contributed by atoms with Gasteiger partial charge in [-0.25, -0.2) is 4.98 Å². The molecule has 1 heterocycles.